The Morgan fingerprint density at radius 1 is 0.932 bits per heavy atom. The third kappa shape index (κ3) is 5.81. The molecule has 2 aliphatic rings. The van der Waals surface area contributed by atoms with Crippen LogP contribution >= 0.6 is 0 Å². The van der Waals surface area contributed by atoms with Crippen molar-refractivity contribution >= 4 is 22.8 Å². The first-order valence-electron chi connectivity index (χ1n) is 15.6. The van der Waals surface area contributed by atoms with Crippen molar-refractivity contribution in [2.45, 2.75) is 57.9 Å². The van der Waals surface area contributed by atoms with Crippen LogP contribution in [-0.2, 0) is 16.8 Å². The van der Waals surface area contributed by atoms with E-state index in [4.69, 9.17) is 19.2 Å². The van der Waals surface area contributed by atoms with Gasteiger partial charge in [-0.2, -0.15) is 0 Å². The number of urea groups is 1. The largest absolute Gasteiger partial charge is 0.493 e. The van der Waals surface area contributed by atoms with Gasteiger partial charge in [-0.05, 0) is 61.1 Å². The first-order valence-corrected chi connectivity index (χ1v) is 15.6. The molecule has 8 nitrogen and oxygen atoms in total. The summed E-state index contributed by atoms with van der Waals surface area (Å²) in [6, 6.07) is 21.7. The molecule has 1 fully saturated rings. The first kappa shape index (κ1) is 29.5. The number of aromatic nitrogens is 1. The zero-order valence-electron chi connectivity index (χ0n) is 25.4. The highest BCUT2D eigenvalue weighted by atomic mass is 16.6. The number of nitrogens with one attached hydrogen (secondary N) is 1. The maximum Gasteiger partial charge on any atom is 0.325 e. The molecular weight excluding hydrogens is 554 g/mol. The Morgan fingerprint density at radius 3 is 2.55 bits per heavy atom. The van der Waals surface area contributed by atoms with E-state index in [0.717, 1.165) is 59.9 Å². The lowest BCUT2D eigenvalue weighted by molar-refractivity contribution is -0.131. The highest BCUT2D eigenvalue weighted by molar-refractivity contribution is 6.07. The predicted octanol–water partition coefficient (Wildman–Crippen LogP) is 6.70. The second-order valence-corrected chi connectivity index (χ2v) is 11.5. The number of hydrogen-bond donors (Lipinski definition) is 1. The third-order valence-electron chi connectivity index (χ3n) is 8.62. The number of fused-ring (bicyclic) bond motifs is 2. The van der Waals surface area contributed by atoms with Crippen LogP contribution in [0.15, 0.2) is 72.9 Å². The minimum absolute atomic E-state index is 0.212. The fourth-order valence-corrected chi connectivity index (χ4v) is 6.18. The molecule has 0 spiro atoms. The van der Waals surface area contributed by atoms with Crippen LogP contribution in [0.5, 0.6) is 17.2 Å². The SMILES string of the molecule is CCC1(c2ccc3c(c2)OCCO3)NC(=O)N(CCCCCCOc2c(Cc3ccccc3)cnc3c(C)cccc23)C1=O. The average Bonchev–Trinajstić information content (AvgIpc) is 3.30. The molecule has 6 rings (SSSR count). The van der Waals surface area contributed by atoms with E-state index in [1.54, 1.807) is 0 Å². The molecule has 1 unspecified atom stereocenters. The van der Waals surface area contributed by atoms with Crippen LogP contribution < -0.4 is 19.5 Å². The van der Waals surface area contributed by atoms with Crippen LogP contribution in [0.2, 0.25) is 0 Å². The quantitative estimate of drug-likeness (QED) is 0.145. The van der Waals surface area contributed by atoms with Gasteiger partial charge in [-0.25, -0.2) is 4.79 Å². The predicted molar refractivity (Wildman–Crippen MR) is 169 cm³/mol. The number of unbranched alkanes of at least 4 members (excludes halogenated alkanes) is 3. The highest BCUT2D eigenvalue weighted by Gasteiger charge is 2.51. The average molecular weight is 594 g/mol. The number of amides is 3. The van der Waals surface area contributed by atoms with Gasteiger partial charge in [0, 0.05) is 30.1 Å². The lowest BCUT2D eigenvalue weighted by atomic mass is 9.87. The number of benzene rings is 3. The molecule has 0 saturated carbocycles. The van der Waals surface area contributed by atoms with Gasteiger partial charge in [0.05, 0.1) is 12.1 Å². The lowest BCUT2D eigenvalue weighted by Gasteiger charge is -2.27. The molecule has 0 radical (unpaired) electrons. The summed E-state index contributed by atoms with van der Waals surface area (Å²) < 4.78 is 17.8. The molecule has 44 heavy (non-hydrogen) atoms. The van der Waals surface area contributed by atoms with Crippen molar-refractivity contribution in [1.29, 1.82) is 0 Å². The topological polar surface area (TPSA) is 90.0 Å². The summed E-state index contributed by atoms with van der Waals surface area (Å²) in [4.78, 5) is 32.7. The van der Waals surface area contributed by atoms with Crippen molar-refractivity contribution in [3.63, 3.8) is 0 Å². The Morgan fingerprint density at radius 2 is 1.73 bits per heavy atom. The molecule has 1 saturated heterocycles. The first-order chi connectivity index (χ1) is 21.5. The molecule has 3 heterocycles. The van der Waals surface area contributed by atoms with E-state index < -0.39 is 5.54 Å². The standard InChI is InChI=1S/C36H39N3O5/c1-3-36(28-16-17-30-31(23-28)43-21-20-42-30)34(40)39(35(41)38-36)18-9-4-5-10-19-44-33-27(22-26-13-7-6-8-14-26)24-37-32-25(2)12-11-15-29(32)33/h6-8,11-17,23-24H,3-5,9-10,18-22H2,1-2H3,(H,38,41). The van der Waals surface area contributed by atoms with Gasteiger partial charge in [-0.15, -0.1) is 0 Å². The molecule has 1 aromatic heterocycles. The fraction of sp³-hybridized carbons (Fsp3) is 0.361. The molecule has 3 amide bonds. The van der Waals surface area contributed by atoms with Crippen LogP contribution in [0, 0.1) is 6.92 Å². The van der Waals surface area contributed by atoms with Gasteiger partial charge in [0.1, 0.15) is 24.5 Å². The zero-order valence-corrected chi connectivity index (χ0v) is 25.4. The van der Waals surface area contributed by atoms with Gasteiger partial charge >= 0.3 is 6.03 Å². The van der Waals surface area contributed by atoms with Crippen LogP contribution in [0.25, 0.3) is 10.9 Å². The van der Waals surface area contributed by atoms with Crippen LogP contribution in [0.4, 0.5) is 4.79 Å². The van der Waals surface area contributed by atoms with Crippen LogP contribution in [-0.4, -0.2) is 48.2 Å². The number of nitrogens with zero attached hydrogens (tertiary/aromatic N) is 2. The lowest BCUT2D eigenvalue weighted by Crippen LogP contribution is -2.43. The van der Waals surface area contributed by atoms with Crippen LogP contribution in [0.1, 0.15) is 61.3 Å². The van der Waals surface area contributed by atoms with Crippen LogP contribution in [0.3, 0.4) is 0 Å². The van der Waals surface area contributed by atoms with Gasteiger partial charge in [-0.1, -0.05) is 68.3 Å². The molecular formula is C36H39N3O5. The summed E-state index contributed by atoms with van der Waals surface area (Å²) >= 11 is 0. The summed E-state index contributed by atoms with van der Waals surface area (Å²) in [6.45, 7) is 5.91. The van der Waals surface area contributed by atoms with Crippen molar-refractivity contribution in [3.8, 4) is 17.2 Å². The Bertz CT molecular complexity index is 1660. The minimum atomic E-state index is -1.09. The summed E-state index contributed by atoms with van der Waals surface area (Å²) in [5.41, 5.74) is 4.00. The molecule has 0 aliphatic carbocycles. The number of carbonyl (C=O) groups excluding carboxylic acids is 2. The summed E-state index contributed by atoms with van der Waals surface area (Å²) in [5, 5.41) is 4.01. The zero-order chi connectivity index (χ0) is 30.5. The van der Waals surface area contributed by atoms with Crippen molar-refractivity contribution in [3.05, 3.63) is 95.2 Å². The molecule has 8 heteroatoms. The highest BCUT2D eigenvalue weighted by Crippen LogP contribution is 2.39. The van der Waals surface area contributed by atoms with E-state index in [1.807, 2.05) is 37.4 Å². The summed E-state index contributed by atoms with van der Waals surface area (Å²) in [6.07, 6.45) is 6.56. The van der Waals surface area contributed by atoms with Gasteiger partial charge < -0.3 is 19.5 Å². The number of hydrogen-bond acceptors (Lipinski definition) is 6. The normalized spacial score (nSPS) is 17.6. The number of pyridine rings is 1. The Kier molecular flexibility index (Phi) is 8.68. The molecule has 1 N–H and O–H groups in total. The summed E-state index contributed by atoms with van der Waals surface area (Å²) in [7, 11) is 0. The van der Waals surface area contributed by atoms with Crippen molar-refractivity contribution in [2.24, 2.45) is 0 Å². The number of carbonyl (C=O) groups is 2. The monoisotopic (exact) mass is 593 g/mol. The second-order valence-electron chi connectivity index (χ2n) is 11.5. The molecule has 0 bridgehead atoms. The van der Waals surface area contributed by atoms with Crippen molar-refractivity contribution in [1.82, 2.24) is 15.2 Å². The number of ether oxygens (including phenoxy) is 3. The van der Waals surface area contributed by atoms with Crippen molar-refractivity contribution in [2.75, 3.05) is 26.4 Å². The third-order valence-corrected chi connectivity index (χ3v) is 8.62. The van der Waals surface area contributed by atoms with E-state index in [2.05, 4.69) is 54.7 Å². The van der Waals surface area contributed by atoms with Gasteiger partial charge in [-0.3, -0.25) is 14.7 Å². The molecule has 1 atom stereocenters. The van der Waals surface area contributed by atoms with Gasteiger partial charge in [0.2, 0.25) is 0 Å². The maximum absolute atomic E-state index is 13.6. The Labute approximate surface area is 258 Å². The smallest absolute Gasteiger partial charge is 0.325 e. The number of para-hydroxylation sites is 1. The van der Waals surface area contributed by atoms with E-state index in [0.29, 0.717) is 49.8 Å². The van der Waals surface area contributed by atoms with E-state index in [9.17, 15) is 9.59 Å². The Hall–Kier alpha value is -4.59. The number of imide groups is 1. The molecule has 4 aromatic rings. The maximum atomic E-state index is 13.6. The minimum Gasteiger partial charge on any atom is -0.493 e. The van der Waals surface area contributed by atoms with E-state index >= 15 is 0 Å². The molecule has 3 aromatic carbocycles. The molecule has 228 valence electrons. The number of aryl methyl sites for hydroxylation is 1. The van der Waals surface area contributed by atoms with Gasteiger partial charge in [0.25, 0.3) is 5.91 Å². The summed E-state index contributed by atoms with van der Waals surface area (Å²) in [5.74, 6) is 1.95. The van der Waals surface area contributed by atoms with Gasteiger partial charge in [0.15, 0.2) is 11.5 Å². The second kappa shape index (κ2) is 13.0. The van der Waals surface area contributed by atoms with Crippen molar-refractivity contribution < 1.29 is 23.8 Å². The Balaban J connectivity index is 1.04. The van der Waals surface area contributed by atoms with E-state index in [1.165, 1.54) is 10.5 Å². The fourth-order valence-electron chi connectivity index (χ4n) is 6.18. The number of rotatable bonds is 12. The molecule has 2 aliphatic heterocycles. The van der Waals surface area contributed by atoms with E-state index in [-0.39, 0.29) is 11.9 Å².